The van der Waals surface area contributed by atoms with Crippen molar-refractivity contribution in [2.75, 3.05) is 13.2 Å². The molecule has 1 aliphatic heterocycles. The van der Waals surface area contributed by atoms with Crippen molar-refractivity contribution >= 4 is 11.8 Å². The second-order valence-electron chi connectivity index (χ2n) is 5.42. The highest BCUT2D eigenvalue weighted by Gasteiger charge is 2.35. The van der Waals surface area contributed by atoms with Gasteiger partial charge in [-0.05, 0) is 17.7 Å². The average molecular weight is 311 g/mol. The van der Waals surface area contributed by atoms with E-state index in [1.54, 1.807) is 24.3 Å². The number of aliphatic hydroxyl groups is 1. The third-order valence-electron chi connectivity index (χ3n) is 3.69. The Labute approximate surface area is 134 Å². The number of carbonyl (C=O) groups excluding carboxylic acids is 2. The first-order valence-corrected chi connectivity index (χ1v) is 7.42. The summed E-state index contributed by atoms with van der Waals surface area (Å²) in [7, 11) is 0. The highest BCUT2D eigenvalue weighted by atomic mass is 16.5. The lowest BCUT2D eigenvalue weighted by Gasteiger charge is -2.18. The predicted octanol–water partition coefficient (Wildman–Crippen LogP) is 1.86. The van der Waals surface area contributed by atoms with Gasteiger partial charge in [0.05, 0.1) is 37.0 Å². The number of hydrogen-bond donors (Lipinski definition) is 1. The van der Waals surface area contributed by atoms with Crippen molar-refractivity contribution in [1.82, 2.24) is 4.90 Å². The topological polar surface area (TPSA) is 66.8 Å². The molecule has 0 radical (unpaired) electrons. The number of amides is 2. The molecule has 0 aromatic heterocycles. The number of nitrogens with zero attached hydrogens (tertiary/aromatic N) is 1. The summed E-state index contributed by atoms with van der Waals surface area (Å²) < 4.78 is 5.44. The first-order chi connectivity index (χ1) is 11.2. The molecular formula is C18H17NO4. The Bertz CT molecular complexity index is 679. The molecule has 23 heavy (non-hydrogen) atoms. The van der Waals surface area contributed by atoms with Gasteiger partial charge < -0.3 is 9.84 Å². The molecule has 5 heteroatoms. The van der Waals surface area contributed by atoms with Gasteiger partial charge >= 0.3 is 0 Å². The van der Waals surface area contributed by atoms with Gasteiger partial charge in [-0.15, -0.1) is 0 Å². The van der Waals surface area contributed by atoms with Gasteiger partial charge in [-0.25, -0.2) is 0 Å². The number of benzene rings is 2. The fourth-order valence-corrected chi connectivity index (χ4v) is 2.56. The maximum atomic E-state index is 12.2. The lowest BCUT2D eigenvalue weighted by Crippen LogP contribution is -2.38. The smallest absolute Gasteiger partial charge is 0.261 e. The van der Waals surface area contributed by atoms with Crippen LogP contribution in [0.4, 0.5) is 0 Å². The third-order valence-corrected chi connectivity index (χ3v) is 3.69. The lowest BCUT2D eigenvalue weighted by molar-refractivity contribution is 0.0120. The molecule has 1 N–H and O–H groups in total. The molecule has 1 aliphatic rings. The molecule has 5 nitrogen and oxygen atoms in total. The Kier molecular flexibility index (Phi) is 4.50. The quantitative estimate of drug-likeness (QED) is 0.827. The molecule has 1 heterocycles. The Morgan fingerprint density at radius 1 is 0.913 bits per heavy atom. The fourth-order valence-electron chi connectivity index (χ4n) is 2.56. The predicted molar refractivity (Wildman–Crippen MR) is 83.9 cm³/mol. The van der Waals surface area contributed by atoms with Crippen molar-refractivity contribution < 1.29 is 19.4 Å². The van der Waals surface area contributed by atoms with Crippen LogP contribution in [-0.4, -0.2) is 41.1 Å². The summed E-state index contributed by atoms with van der Waals surface area (Å²) in [5.74, 6) is -0.736. The van der Waals surface area contributed by atoms with Gasteiger partial charge in [-0.2, -0.15) is 0 Å². The summed E-state index contributed by atoms with van der Waals surface area (Å²) >= 11 is 0. The maximum absolute atomic E-state index is 12.2. The standard InChI is InChI=1S/C18H17NO4/c20-14(12-23-11-13-6-2-1-3-7-13)10-19-17(21)15-8-4-5-9-16(15)18(19)22/h1-9,14,20H,10-12H2. The molecule has 1 unspecified atom stereocenters. The van der Waals surface area contributed by atoms with E-state index in [2.05, 4.69) is 0 Å². The number of aliphatic hydroxyl groups excluding tert-OH is 1. The zero-order chi connectivity index (χ0) is 16.2. The van der Waals surface area contributed by atoms with Crippen LogP contribution in [0.25, 0.3) is 0 Å². The van der Waals surface area contributed by atoms with Crippen LogP contribution in [0.15, 0.2) is 54.6 Å². The SMILES string of the molecule is O=C1c2ccccc2C(=O)N1CC(O)COCc1ccccc1. The molecule has 0 fully saturated rings. The van der Waals surface area contributed by atoms with E-state index in [1.165, 1.54) is 0 Å². The molecule has 1 atom stereocenters. The van der Waals surface area contributed by atoms with Crippen LogP contribution < -0.4 is 0 Å². The fraction of sp³-hybridized carbons (Fsp3) is 0.222. The van der Waals surface area contributed by atoms with Crippen LogP contribution >= 0.6 is 0 Å². The number of rotatable bonds is 6. The molecule has 0 bridgehead atoms. The minimum atomic E-state index is -0.916. The van der Waals surface area contributed by atoms with Gasteiger partial charge in [0.25, 0.3) is 11.8 Å². The minimum absolute atomic E-state index is 0.0578. The van der Waals surface area contributed by atoms with Crippen molar-refractivity contribution in [3.05, 3.63) is 71.3 Å². The molecule has 2 aromatic carbocycles. The van der Waals surface area contributed by atoms with E-state index in [0.29, 0.717) is 17.7 Å². The summed E-state index contributed by atoms with van der Waals surface area (Å²) in [6, 6.07) is 16.3. The number of imide groups is 1. The molecule has 3 rings (SSSR count). The van der Waals surface area contributed by atoms with E-state index in [4.69, 9.17) is 4.74 Å². The summed E-state index contributed by atoms with van der Waals surface area (Å²) in [6.07, 6.45) is -0.916. The second kappa shape index (κ2) is 6.73. The van der Waals surface area contributed by atoms with Crippen LogP contribution in [-0.2, 0) is 11.3 Å². The van der Waals surface area contributed by atoms with Crippen LogP contribution in [0.5, 0.6) is 0 Å². The Morgan fingerprint density at radius 2 is 1.48 bits per heavy atom. The van der Waals surface area contributed by atoms with E-state index < -0.39 is 6.10 Å². The molecular weight excluding hydrogens is 294 g/mol. The van der Waals surface area contributed by atoms with Gasteiger partial charge in [0.2, 0.25) is 0 Å². The zero-order valence-electron chi connectivity index (χ0n) is 12.5. The first-order valence-electron chi connectivity index (χ1n) is 7.42. The van der Waals surface area contributed by atoms with Crippen molar-refractivity contribution in [1.29, 1.82) is 0 Å². The molecule has 0 saturated heterocycles. The van der Waals surface area contributed by atoms with E-state index in [9.17, 15) is 14.7 Å². The van der Waals surface area contributed by atoms with Crippen molar-refractivity contribution in [3.63, 3.8) is 0 Å². The molecule has 0 aliphatic carbocycles. The Morgan fingerprint density at radius 3 is 2.09 bits per heavy atom. The number of carbonyl (C=O) groups is 2. The van der Waals surface area contributed by atoms with E-state index in [0.717, 1.165) is 10.5 Å². The van der Waals surface area contributed by atoms with Gasteiger partial charge in [0, 0.05) is 0 Å². The van der Waals surface area contributed by atoms with Crippen LogP contribution in [0.2, 0.25) is 0 Å². The summed E-state index contributed by atoms with van der Waals surface area (Å²) in [5, 5.41) is 10.0. The van der Waals surface area contributed by atoms with Crippen molar-refractivity contribution in [3.8, 4) is 0 Å². The number of ether oxygens (including phenoxy) is 1. The second-order valence-corrected chi connectivity index (χ2v) is 5.42. The van der Waals surface area contributed by atoms with Crippen molar-refractivity contribution in [2.24, 2.45) is 0 Å². The van der Waals surface area contributed by atoms with E-state index in [1.807, 2.05) is 30.3 Å². The van der Waals surface area contributed by atoms with E-state index >= 15 is 0 Å². The van der Waals surface area contributed by atoms with Crippen molar-refractivity contribution in [2.45, 2.75) is 12.7 Å². The highest BCUT2D eigenvalue weighted by Crippen LogP contribution is 2.22. The summed E-state index contributed by atoms with van der Waals surface area (Å²) in [6.45, 7) is 0.365. The molecule has 118 valence electrons. The number of fused-ring (bicyclic) bond motifs is 1. The largest absolute Gasteiger partial charge is 0.389 e. The Hall–Kier alpha value is -2.50. The van der Waals surface area contributed by atoms with Gasteiger partial charge in [0.1, 0.15) is 0 Å². The molecule has 0 saturated carbocycles. The average Bonchev–Trinajstić information content (AvgIpc) is 2.81. The van der Waals surface area contributed by atoms with Gasteiger partial charge in [-0.1, -0.05) is 42.5 Å². The molecule has 0 spiro atoms. The Balaban J connectivity index is 1.54. The third kappa shape index (κ3) is 3.31. The maximum Gasteiger partial charge on any atom is 0.261 e. The van der Waals surface area contributed by atoms with E-state index in [-0.39, 0.29) is 25.0 Å². The summed E-state index contributed by atoms with van der Waals surface area (Å²) in [5.41, 5.74) is 1.77. The number of hydrogen-bond acceptors (Lipinski definition) is 4. The van der Waals surface area contributed by atoms with Gasteiger partial charge in [-0.3, -0.25) is 14.5 Å². The molecule has 2 aromatic rings. The minimum Gasteiger partial charge on any atom is -0.389 e. The normalized spacial score (nSPS) is 14.9. The van der Waals surface area contributed by atoms with Crippen LogP contribution in [0.3, 0.4) is 0 Å². The van der Waals surface area contributed by atoms with Crippen LogP contribution in [0, 0.1) is 0 Å². The zero-order valence-corrected chi connectivity index (χ0v) is 12.5. The summed E-state index contributed by atoms with van der Waals surface area (Å²) in [4.78, 5) is 25.5. The first kappa shape index (κ1) is 15.4. The highest BCUT2D eigenvalue weighted by molar-refractivity contribution is 6.21. The monoisotopic (exact) mass is 311 g/mol. The van der Waals surface area contributed by atoms with Crippen LogP contribution in [0.1, 0.15) is 26.3 Å². The van der Waals surface area contributed by atoms with Gasteiger partial charge in [0.15, 0.2) is 0 Å². The lowest BCUT2D eigenvalue weighted by atomic mass is 10.1. The molecule has 2 amide bonds. The number of β-amino-alcohol motifs (C(OH)–C–C–N with tert-alkyl or cyclic N) is 1.